The molecule has 0 aromatic heterocycles. The zero-order valence-electron chi connectivity index (χ0n) is 15.3. The molecule has 27 heavy (non-hydrogen) atoms. The van der Waals surface area contributed by atoms with E-state index in [9.17, 15) is 4.79 Å². The van der Waals surface area contributed by atoms with Crippen molar-refractivity contribution < 1.29 is 9.53 Å². The van der Waals surface area contributed by atoms with Gasteiger partial charge in [-0.1, -0.05) is 35.9 Å². The summed E-state index contributed by atoms with van der Waals surface area (Å²) in [6, 6.07) is 13.8. The van der Waals surface area contributed by atoms with Crippen LogP contribution < -0.4 is 10.1 Å². The minimum absolute atomic E-state index is 0.0184. The van der Waals surface area contributed by atoms with Crippen LogP contribution >= 0.6 is 11.6 Å². The zero-order valence-corrected chi connectivity index (χ0v) is 16.0. The maximum atomic E-state index is 12.3. The molecule has 1 fully saturated rings. The average molecular weight is 386 g/mol. The van der Waals surface area contributed by atoms with Crippen LogP contribution in [0, 0.1) is 0 Å². The molecule has 5 nitrogen and oxygen atoms in total. The lowest BCUT2D eigenvalue weighted by atomic mass is 10.1. The molecule has 0 saturated carbocycles. The normalized spacial score (nSPS) is 17.4. The highest BCUT2D eigenvalue weighted by molar-refractivity contribution is 6.33. The van der Waals surface area contributed by atoms with E-state index in [0.717, 1.165) is 51.5 Å². The van der Waals surface area contributed by atoms with Crippen molar-refractivity contribution in [1.82, 2.24) is 9.80 Å². The monoisotopic (exact) mass is 385 g/mol. The van der Waals surface area contributed by atoms with Gasteiger partial charge < -0.3 is 10.1 Å². The molecule has 6 heteroatoms. The van der Waals surface area contributed by atoms with Gasteiger partial charge in [0.05, 0.1) is 23.9 Å². The first kappa shape index (κ1) is 18.3. The van der Waals surface area contributed by atoms with Gasteiger partial charge in [0.1, 0.15) is 5.75 Å². The van der Waals surface area contributed by atoms with E-state index in [4.69, 9.17) is 16.3 Å². The summed E-state index contributed by atoms with van der Waals surface area (Å²) in [7, 11) is 0. The van der Waals surface area contributed by atoms with Gasteiger partial charge in [-0.2, -0.15) is 0 Å². The van der Waals surface area contributed by atoms with Crippen LogP contribution in [0.15, 0.2) is 42.5 Å². The summed E-state index contributed by atoms with van der Waals surface area (Å²) in [6.07, 6.45) is 1.01. The zero-order chi connectivity index (χ0) is 18.6. The van der Waals surface area contributed by atoms with Gasteiger partial charge in [0.25, 0.3) is 0 Å². The summed E-state index contributed by atoms with van der Waals surface area (Å²) in [5.74, 6) is 1.02. The Labute approximate surface area is 164 Å². The Bertz CT molecular complexity index is 819. The van der Waals surface area contributed by atoms with Gasteiger partial charge in [0, 0.05) is 39.1 Å². The van der Waals surface area contributed by atoms with E-state index in [2.05, 4.69) is 33.3 Å². The van der Waals surface area contributed by atoms with Crippen LogP contribution in [0.5, 0.6) is 5.75 Å². The molecular weight excluding hydrogens is 362 g/mol. The van der Waals surface area contributed by atoms with Crippen molar-refractivity contribution in [2.24, 2.45) is 0 Å². The van der Waals surface area contributed by atoms with E-state index in [1.165, 1.54) is 11.1 Å². The minimum atomic E-state index is -0.0184. The highest BCUT2D eigenvalue weighted by Gasteiger charge is 2.20. The fourth-order valence-corrected chi connectivity index (χ4v) is 3.84. The van der Waals surface area contributed by atoms with Crippen LogP contribution in [0.4, 0.5) is 5.69 Å². The molecule has 2 aliphatic heterocycles. The second kappa shape index (κ2) is 8.30. The maximum Gasteiger partial charge on any atom is 0.238 e. The van der Waals surface area contributed by atoms with Crippen molar-refractivity contribution in [1.29, 1.82) is 0 Å². The maximum absolute atomic E-state index is 12.3. The molecule has 0 unspecified atom stereocenters. The van der Waals surface area contributed by atoms with E-state index < -0.39 is 0 Å². The molecule has 4 rings (SSSR count). The van der Waals surface area contributed by atoms with Crippen LogP contribution in [-0.4, -0.2) is 55.0 Å². The SMILES string of the molecule is O=C(CN1CCN(Cc2ccc3c(c2)CCO3)CC1)Nc1ccccc1Cl. The molecule has 2 aromatic rings. The van der Waals surface area contributed by atoms with Gasteiger partial charge >= 0.3 is 0 Å². The molecule has 1 amide bonds. The van der Waals surface area contributed by atoms with Crippen molar-refractivity contribution in [2.45, 2.75) is 13.0 Å². The summed E-state index contributed by atoms with van der Waals surface area (Å²) in [5, 5.41) is 3.46. The van der Waals surface area contributed by atoms with E-state index in [-0.39, 0.29) is 5.91 Å². The second-order valence-corrected chi connectivity index (χ2v) is 7.53. The molecule has 2 aliphatic rings. The number of benzene rings is 2. The Morgan fingerprint density at radius 1 is 1.07 bits per heavy atom. The van der Waals surface area contributed by atoms with Crippen molar-refractivity contribution in [3.05, 3.63) is 58.6 Å². The molecular formula is C21H24ClN3O2. The van der Waals surface area contributed by atoms with Crippen molar-refractivity contribution >= 4 is 23.2 Å². The largest absolute Gasteiger partial charge is 0.493 e. The molecule has 1 N–H and O–H groups in total. The highest BCUT2D eigenvalue weighted by Crippen LogP contribution is 2.26. The molecule has 0 atom stereocenters. The number of anilines is 1. The molecule has 0 radical (unpaired) electrons. The number of nitrogens with one attached hydrogen (secondary N) is 1. The number of nitrogens with zero attached hydrogens (tertiary/aromatic N) is 2. The van der Waals surface area contributed by atoms with Crippen LogP contribution in [0.25, 0.3) is 0 Å². The smallest absolute Gasteiger partial charge is 0.238 e. The average Bonchev–Trinajstić information content (AvgIpc) is 3.13. The van der Waals surface area contributed by atoms with Gasteiger partial charge in [-0.3, -0.25) is 14.6 Å². The molecule has 1 saturated heterocycles. The van der Waals surface area contributed by atoms with Crippen molar-refractivity contribution in [3.63, 3.8) is 0 Å². The molecule has 142 valence electrons. The first-order chi connectivity index (χ1) is 13.2. The van der Waals surface area contributed by atoms with Crippen LogP contribution in [0.3, 0.4) is 0 Å². The lowest BCUT2D eigenvalue weighted by molar-refractivity contribution is -0.117. The number of para-hydroxylation sites is 1. The second-order valence-electron chi connectivity index (χ2n) is 7.12. The summed E-state index contributed by atoms with van der Waals surface area (Å²) >= 11 is 6.10. The number of amides is 1. The van der Waals surface area contributed by atoms with E-state index in [0.29, 0.717) is 17.3 Å². The predicted molar refractivity (Wildman–Crippen MR) is 107 cm³/mol. The van der Waals surface area contributed by atoms with E-state index >= 15 is 0 Å². The molecule has 2 heterocycles. The van der Waals surface area contributed by atoms with E-state index in [1.807, 2.05) is 18.2 Å². The molecule has 0 bridgehead atoms. The number of hydrogen-bond acceptors (Lipinski definition) is 4. The third kappa shape index (κ3) is 4.61. The van der Waals surface area contributed by atoms with Gasteiger partial charge in [-0.25, -0.2) is 0 Å². The summed E-state index contributed by atoms with van der Waals surface area (Å²) in [6.45, 7) is 5.86. The molecule has 2 aromatic carbocycles. The lowest BCUT2D eigenvalue weighted by Gasteiger charge is -2.34. The first-order valence-electron chi connectivity index (χ1n) is 9.41. The number of hydrogen-bond donors (Lipinski definition) is 1. The Kier molecular flexibility index (Phi) is 5.62. The Morgan fingerprint density at radius 3 is 2.67 bits per heavy atom. The fraction of sp³-hybridized carbons (Fsp3) is 0.381. The number of fused-ring (bicyclic) bond motifs is 1. The van der Waals surface area contributed by atoms with Crippen molar-refractivity contribution in [2.75, 3.05) is 44.6 Å². The molecule has 0 aliphatic carbocycles. The number of carbonyl (C=O) groups excluding carboxylic acids is 1. The topological polar surface area (TPSA) is 44.8 Å². The van der Waals surface area contributed by atoms with Crippen LogP contribution in [0.1, 0.15) is 11.1 Å². The number of rotatable bonds is 5. The van der Waals surface area contributed by atoms with Gasteiger partial charge in [-0.15, -0.1) is 0 Å². The third-order valence-electron chi connectivity index (χ3n) is 5.14. The van der Waals surface area contributed by atoms with E-state index in [1.54, 1.807) is 6.07 Å². The highest BCUT2D eigenvalue weighted by atomic mass is 35.5. The standard InChI is InChI=1S/C21H24ClN3O2/c22-18-3-1-2-4-19(18)23-21(26)15-25-10-8-24(9-11-25)14-16-5-6-20-17(13-16)7-12-27-20/h1-6,13H,7-12,14-15H2,(H,23,26). The summed E-state index contributed by atoms with van der Waals surface area (Å²) in [5.41, 5.74) is 3.33. The summed E-state index contributed by atoms with van der Waals surface area (Å²) in [4.78, 5) is 16.9. The Morgan fingerprint density at radius 2 is 1.85 bits per heavy atom. The first-order valence-corrected chi connectivity index (χ1v) is 9.79. The van der Waals surface area contributed by atoms with Crippen LogP contribution in [0.2, 0.25) is 5.02 Å². The minimum Gasteiger partial charge on any atom is -0.493 e. The number of carbonyl (C=O) groups is 1. The van der Waals surface area contributed by atoms with Crippen LogP contribution in [-0.2, 0) is 17.8 Å². The number of ether oxygens (including phenoxy) is 1. The quantitative estimate of drug-likeness (QED) is 0.859. The predicted octanol–water partition coefficient (Wildman–Crippen LogP) is 3.03. The lowest BCUT2D eigenvalue weighted by Crippen LogP contribution is -2.48. The van der Waals surface area contributed by atoms with Gasteiger partial charge in [0.2, 0.25) is 5.91 Å². The Balaban J connectivity index is 1.24. The summed E-state index contributed by atoms with van der Waals surface area (Å²) < 4.78 is 5.58. The molecule has 0 spiro atoms. The third-order valence-corrected chi connectivity index (χ3v) is 5.47. The van der Waals surface area contributed by atoms with Gasteiger partial charge in [0.15, 0.2) is 0 Å². The number of piperazine rings is 1. The Hall–Kier alpha value is -2.08. The number of halogens is 1. The van der Waals surface area contributed by atoms with Gasteiger partial charge in [-0.05, 0) is 29.3 Å². The van der Waals surface area contributed by atoms with Crippen molar-refractivity contribution in [3.8, 4) is 5.75 Å². The fourth-order valence-electron chi connectivity index (χ4n) is 3.66.